The van der Waals surface area contributed by atoms with Gasteiger partial charge in [-0.3, -0.25) is 0 Å². The second kappa shape index (κ2) is 5.56. The van der Waals surface area contributed by atoms with Crippen molar-refractivity contribution in [2.75, 3.05) is 12.3 Å². The van der Waals surface area contributed by atoms with E-state index in [9.17, 15) is 4.79 Å². The number of nitrogens with two attached hydrogens (primary N) is 1. The van der Waals surface area contributed by atoms with Crippen molar-refractivity contribution in [3.63, 3.8) is 0 Å². The molecule has 0 aliphatic carbocycles. The first-order chi connectivity index (χ1) is 9.13. The van der Waals surface area contributed by atoms with Crippen LogP contribution in [0.4, 0.5) is 5.82 Å². The molecule has 1 aromatic carbocycles. The van der Waals surface area contributed by atoms with Crippen molar-refractivity contribution in [3.8, 4) is 0 Å². The molecule has 2 rings (SSSR count). The van der Waals surface area contributed by atoms with Gasteiger partial charge in [0.05, 0.1) is 13.2 Å². The standard InChI is InChI=1S/C14H17N3O2/c1-3-19-14(18)12-10(2)13(15)17(16-12)9-11-7-5-4-6-8-11/h4-8H,3,9,15H2,1-2H3. The monoisotopic (exact) mass is 259 g/mol. The minimum atomic E-state index is -0.432. The van der Waals surface area contributed by atoms with Crippen molar-refractivity contribution >= 4 is 11.8 Å². The Kier molecular flexibility index (Phi) is 3.85. The number of aromatic nitrogens is 2. The fraction of sp³-hybridized carbons (Fsp3) is 0.286. The molecule has 1 heterocycles. The molecule has 5 heteroatoms. The second-order valence-electron chi connectivity index (χ2n) is 4.22. The maximum atomic E-state index is 11.7. The van der Waals surface area contributed by atoms with Gasteiger partial charge >= 0.3 is 5.97 Å². The first kappa shape index (κ1) is 13.1. The van der Waals surface area contributed by atoms with Gasteiger partial charge in [-0.2, -0.15) is 5.10 Å². The molecule has 0 bridgehead atoms. The van der Waals surface area contributed by atoms with Crippen LogP contribution in [0.2, 0.25) is 0 Å². The quantitative estimate of drug-likeness (QED) is 0.852. The highest BCUT2D eigenvalue weighted by Gasteiger charge is 2.19. The van der Waals surface area contributed by atoms with Crippen LogP contribution in [-0.2, 0) is 11.3 Å². The Morgan fingerprint density at radius 1 is 1.37 bits per heavy atom. The van der Waals surface area contributed by atoms with Crippen molar-refractivity contribution in [2.24, 2.45) is 0 Å². The molecule has 0 amide bonds. The molecule has 0 saturated carbocycles. The van der Waals surface area contributed by atoms with Gasteiger partial charge in [-0.25, -0.2) is 9.48 Å². The highest BCUT2D eigenvalue weighted by Crippen LogP contribution is 2.17. The predicted octanol–water partition coefficient (Wildman–Crippen LogP) is 2.00. The fourth-order valence-corrected chi connectivity index (χ4v) is 1.83. The SMILES string of the molecule is CCOC(=O)c1nn(Cc2ccccc2)c(N)c1C. The maximum absolute atomic E-state index is 11.7. The Morgan fingerprint density at radius 3 is 2.68 bits per heavy atom. The number of nitrogens with zero attached hydrogens (tertiary/aromatic N) is 2. The van der Waals surface area contributed by atoms with Crippen molar-refractivity contribution < 1.29 is 9.53 Å². The lowest BCUT2D eigenvalue weighted by Crippen LogP contribution is -2.09. The first-order valence-corrected chi connectivity index (χ1v) is 6.17. The van der Waals surface area contributed by atoms with Gasteiger partial charge in [0.25, 0.3) is 0 Å². The predicted molar refractivity (Wildman–Crippen MR) is 72.9 cm³/mol. The van der Waals surface area contributed by atoms with Crippen LogP contribution in [0.25, 0.3) is 0 Å². The fourth-order valence-electron chi connectivity index (χ4n) is 1.83. The molecular weight excluding hydrogens is 242 g/mol. The molecule has 100 valence electrons. The Morgan fingerprint density at radius 2 is 2.05 bits per heavy atom. The van der Waals surface area contributed by atoms with E-state index in [1.54, 1.807) is 18.5 Å². The normalized spacial score (nSPS) is 10.4. The molecule has 2 N–H and O–H groups in total. The Hall–Kier alpha value is -2.30. The summed E-state index contributed by atoms with van der Waals surface area (Å²) in [5.41, 5.74) is 8.00. The van der Waals surface area contributed by atoms with Crippen molar-refractivity contribution in [2.45, 2.75) is 20.4 Å². The number of hydrogen-bond donors (Lipinski definition) is 1. The molecule has 0 aliphatic rings. The summed E-state index contributed by atoms with van der Waals surface area (Å²) in [4.78, 5) is 11.7. The number of carbonyl (C=O) groups is 1. The molecule has 0 saturated heterocycles. The van der Waals surface area contributed by atoms with Crippen molar-refractivity contribution in [3.05, 3.63) is 47.2 Å². The topological polar surface area (TPSA) is 70.1 Å². The lowest BCUT2D eigenvalue weighted by molar-refractivity contribution is 0.0517. The van der Waals surface area contributed by atoms with Gasteiger partial charge < -0.3 is 10.5 Å². The Labute approximate surface area is 112 Å². The zero-order chi connectivity index (χ0) is 13.8. The minimum absolute atomic E-state index is 0.287. The summed E-state index contributed by atoms with van der Waals surface area (Å²) in [6, 6.07) is 9.83. The number of benzene rings is 1. The van der Waals surface area contributed by atoms with Crippen LogP contribution in [0.5, 0.6) is 0 Å². The highest BCUT2D eigenvalue weighted by molar-refractivity contribution is 5.90. The van der Waals surface area contributed by atoms with Crippen LogP contribution < -0.4 is 5.73 Å². The zero-order valence-corrected chi connectivity index (χ0v) is 11.1. The molecule has 0 spiro atoms. The molecule has 0 unspecified atom stereocenters. The van der Waals surface area contributed by atoms with Gasteiger partial charge in [-0.15, -0.1) is 0 Å². The van der Waals surface area contributed by atoms with E-state index in [0.717, 1.165) is 5.56 Å². The summed E-state index contributed by atoms with van der Waals surface area (Å²) in [7, 11) is 0. The largest absolute Gasteiger partial charge is 0.461 e. The highest BCUT2D eigenvalue weighted by atomic mass is 16.5. The Bertz CT molecular complexity index is 576. The maximum Gasteiger partial charge on any atom is 0.359 e. The molecule has 0 aliphatic heterocycles. The van der Waals surface area contributed by atoms with Crippen molar-refractivity contribution in [1.29, 1.82) is 0 Å². The summed E-state index contributed by atoms with van der Waals surface area (Å²) in [6.07, 6.45) is 0. The summed E-state index contributed by atoms with van der Waals surface area (Å²) in [6.45, 7) is 4.39. The third-order valence-corrected chi connectivity index (χ3v) is 2.88. The van der Waals surface area contributed by atoms with E-state index in [1.165, 1.54) is 0 Å². The summed E-state index contributed by atoms with van der Waals surface area (Å²) < 4.78 is 6.58. The van der Waals surface area contributed by atoms with Crippen molar-refractivity contribution in [1.82, 2.24) is 9.78 Å². The van der Waals surface area contributed by atoms with Gasteiger partial charge in [0.2, 0.25) is 0 Å². The van der Waals surface area contributed by atoms with E-state index in [0.29, 0.717) is 24.5 Å². The lowest BCUT2D eigenvalue weighted by Gasteiger charge is -2.03. The molecule has 5 nitrogen and oxygen atoms in total. The van der Waals surface area contributed by atoms with Crippen LogP contribution in [0.3, 0.4) is 0 Å². The minimum Gasteiger partial charge on any atom is -0.461 e. The summed E-state index contributed by atoms with van der Waals surface area (Å²) >= 11 is 0. The third kappa shape index (κ3) is 2.76. The number of nitrogen functional groups attached to an aromatic ring is 1. The number of hydrogen-bond acceptors (Lipinski definition) is 4. The molecule has 0 fully saturated rings. The number of anilines is 1. The van der Waals surface area contributed by atoms with Crippen LogP contribution in [0.1, 0.15) is 28.5 Å². The van der Waals surface area contributed by atoms with Gasteiger partial charge in [-0.1, -0.05) is 30.3 Å². The van der Waals surface area contributed by atoms with E-state index in [2.05, 4.69) is 5.10 Å². The number of carbonyl (C=O) groups excluding carboxylic acids is 1. The number of rotatable bonds is 4. The van der Waals surface area contributed by atoms with E-state index in [4.69, 9.17) is 10.5 Å². The molecule has 2 aromatic rings. The van der Waals surface area contributed by atoms with Gasteiger partial charge in [0, 0.05) is 5.56 Å². The second-order valence-corrected chi connectivity index (χ2v) is 4.22. The van der Waals surface area contributed by atoms with Crippen LogP contribution >= 0.6 is 0 Å². The van der Waals surface area contributed by atoms with Gasteiger partial charge in [0.1, 0.15) is 5.82 Å². The van der Waals surface area contributed by atoms with E-state index < -0.39 is 5.97 Å². The molecule has 0 atom stereocenters. The summed E-state index contributed by atoms with van der Waals surface area (Å²) in [5.74, 6) is 0.0606. The number of esters is 1. The van der Waals surface area contributed by atoms with Gasteiger partial charge in [-0.05, 0) is 19.4 Å². The zero-order valence-electron chi connectivity index (χ0n) is 11.1. The third-order valence-electron chi connectivity index (χ3n) is 2.88. The first-order valence-electron chi connectivity index (χ1n) is 6.17. The van der Waals surface area contributed by atoms with Crippen LogP contribution in [0, 0.1) is 6.92 Å². The van der Waals surface area contributed by atoms with Gasteiger partial charge in [0.15, 0.2) is 5.69 Å². The van der Waals surface area contributed by atoms with E-state index in [1.807, 2.05) is 30.3 Å². The lowest BCUT2D eigenvalue weighted by atomic mass is 10.2. The van der Waals surface area contributed by atoms with Crippen LogP contribution in [0.15, 0.2) is 30.3 Å². The molecule has 1 aromatic heterocycles. The van der Waals surface area contributed by atoms with E-state index >= 15 is 0 Å². The Balaban J connectivity index is 2.28. The average Bonchev–Trinajstić information content (AvgIpc) is 2.69. The molecule has 0 radical (unpaired) electrons. The smallest absolute Gasteiger partial charge is 0.359 e. The summed E-state index contributed by atoms with van der Waals surface area (Å²) in [5, 5.41) is 4.24. The molecule has 19 heavy (non-hydrogen) atoms. The van der Waals surface area contributed by atoms with E-state index in [-0.39, 0.29) is 5.69 Å². The average molecular weight is 259 g/mol. The molecular formula is C14H17N3O2. The number of ether oxygens (including phenoxy) is 1. The van der Waals surface area contributed by atoms with Crippen LogP contribution in [-0.4, -0.2) is 22.4 Å².